The summed E-state index contributed by atoms with van der Waals surface area (Å²) in [7, 11) is 0. The summed E-state index contributed by atoms with van der Waals surface area (Å²) in [5.41, 5.74) is 1.88. The third kappa shape index (κ3) is 3.05. The lowest BCUT2D eigenvalue weighted by atomic mass is 10.2. The highest BCUT2D eigenvalue weighted by Gasteiger charge is 2.14. The Bertz CT molecular complexity index is 132. The number of hydrogen-bond donors (Lipinski definition) is 2. The van der Waals surface area contributed by atoms with Gasteiger partial charge in [-0.1, -0.05) is 6.42 Å². The SMILES string of the molecule is Cl.O=C1CCCCCN1NO. The van der Waals surface area contributed by atoms with E-state index >= 15 is 0 Å². The van der Waals surface area contributed by atoms with Crippen molar-refractivity contribution in [1.82, 2.24) is 10.6 Å². The lowest BCUT2D eigenvalue weighted by molar-refractivity contribution is -0.143. The van der Waals surface area contributed by atoms with E-state index in [1.807, 2.05) is 5.59 Å². The Balaban J connectivity index is 0.000001000. The molecule has 1 aliphatic heterocycles. The summed E-state index contributed by atoms with van der Waals surface area (Å²) in [6, 6.07) is 0. The molecule has 4 nitrogen and oxygen atoms in total. The third-order valence-corrected chi connectivity index (χ3v) is 1.69. The van der Waals surface area contributed by atoms with Gasteiger partial charge in [0.1, 0.15) is 0 Å². The largest absolute Gasteiger partial charge is 0.297 e. The highest BCUT2D eigenvalue weighted by atomic mass is 35.5. The van der Waals surface area contributed by atoms with Crippen molar-refractivity contribution in [1.29, 1.82) is 0 Å². The lowest BCUT2D eigenvalue weighted by Crippen LogP contribution is -2.40. The molecule has 1 amide bonds. The zero-order valence-electron chi connectivity index (χ0n) is 6.25. The highest BCUT2D eigenvalue weighted by Crippen LogP contribution is 2.08. The van der Waals surface area contributed by atoms with E-state index in [2.05, 4.69) is 0 Å². The molecule has 1 heterocycles. The van der Waals surface area contributed by atoms with Crippen molar-refractivity contribution in [3.8, 4) is 0 Å². The maximum atomic E-state index is 10.9. The standard InChI is InChI=1S/C6H12N2O2.ClH/c9-6-4-2-1-3-5-8(6)7-10;/h7,10H,1-5H2;1H. The molecule has 0 radical (unpaired) electrons. The van der Waals surface area contributed by atoms with E-state index in [4.69, 9.17) is 5.21 Å². The summed E-state index contributed by atoms with van der Waals surface area (Å²) in [6.07, 6.45) is 3.54. The first-order valence-corrected chi connectivity index (χ1v) is 3.54. The molecule has 0 bridgehead atoms. The van der Waals surface area contributed by atoms with Crippen LogP contribution in [0.5, 0.6) is 0 Å². The summed E-state index contributed by atoms with van der Waals surface area (Å²) in [4.78, 5) is 10.9. The molecule has 1 aliphatic rings. The Labute approximate surface area is 71.9 Å². The number of nitrogens with zero attached hydrogens (tertiary/aromatic N) is 1. The number of rotatable bonds is 1. The van der Waals surface area contributed by atoms with Crippen LogP contribution in [0.4, 0.5) is 0 Å². The van der Waals surface area contributed by atoms with Crippen LogP contribution < -0.4 is 5.59 Å². The molecule has 11 heavy (non-hydrogen) atoms. The minimum atomic E-state index is -0.0139. The summed E-state index contributed by atoms with van der Waals surface area (Å²) in [6.45, 7) is 0.620. The fraction of sp³-hybridized carbons (Fsp3) is 0.833. The molecule has 0 aliphatic carbocycles. The topological polar surface area (TPSA) is 52.6 Å². The monoisotopic (exact) mass is 180 g/mol. The fourth-order valence-electron chi connectivity index (χ4n) is 1.09. The molecule has 0 atom stereocenters. The fourth-order valence-corrected chi connectivity index (χ4v) is 1.09. The summed E-state index contributed by atoms with van der Waals surface area (Å²) in [5.74, 6) is -0.0139. The van der Waals surface area contributed by atoms with Crippen molar-refractivity contribution in [2.45, 2.75) is 25.7 Å². The van der Waals surface area contributed by atoms with E-state index in [1.54, 1.807) is 0 Å². The number of carbonyl (C=O) groups excluding carboxylic acids is 1. The second-order valence-electron chi connectivity index (χ2n) is 2.46. The Kier molecular flexibility index (Phi) is 5.19. The average molecular weight is 181 g/mol. The number of hydrogen-bond acceptors (Lipinski definition) is 3. The minimum absolute atomic E-state index is 0. The summed E-state index contributed by atoms with van der Waals surface area (Å²) < 4.78 is 0. The van der Waals surface area contributed by atoms with E-state index < -0.39 is 0 Å². The van der Waals surface area contributed by atoms with Crippen molar-refractivity contribution in [2.75, 3.05) is 6.54 Å². The lowest BCUT2D eigenvalue weighted by Gasteiger charge is -2.16. The Morgan fingerprint density at radius 3 is 2.73 bits per heavy atom. The Morgan fingerprint density at radius 1 is 1.36 bits per heavy atom. The van der Waals surface area contributed by atoms with Crippen molar-refractivity contribution < 1.29 is 10.0 Å². The smallest absolute Gasteiger partial charge is 0.238 e. The van der Waals surface area contributed by atoms with Crippen molar-refractivity contribution >= 4 is 18.3 Å². The van der Waals surface area contributed by atoms with Gasteiger partial charge < -0.3 is 0 Å². The van der Waals surface area contributed by atoms with Crippen molar-refractivity contribution in [2.24, 2.45) is 0 Å². The molecule has 1 rings (SSSR count). The van der Waals surface area contributed by atoms with E-state index in [1.165, 1.54) is 5.01 Å². The molecule has 0 aromatic carbocycles. The molecule has 0 aromatic heterocycles. The van der Waals surface area contributed by atoms with Crippen LogP contribution in [-0.2, 0) is 4.79 Å². The van der Waals surface area contributed by atoms with Crippen LogP contribution in [0, 0.1) is 0 Å². The van der Waals surface area contributed by atoms with E-state index in [9.17, 15) is 4.79 Å². The van der Waals surface area contributed by atoms with Gasteiger partial charge in [-0.05, 0) is 12.8 Å². The Hall–Kier alpha value is -0.320. The van der Waals surface area contributed by atoms with Crippen LogP contribution in [0.25, 0.3) is 0 Å². The van der Waals surface area contributed by atoms with Crippen LogP contribution in [0.15, 0.2) is 0 Å². The van der Waals surface area contributed by atoms with Crippen LogP contribution in [0.1, 0.15) is 25.7 Å². The average Bonchev–Trinajstić information content (AvgIpc) is 2.13. The van der Waals surface area contributed by atoms with Gasteiger partial charge in [0.15, 0.2) is 0 Å². The molecule has 5 heteroatoms. The van der Waals surface area contributed by atoms with Gasteiger partial charge in [-0.3, -0.25) is 15.0 Å². The van der Waals surface area contributed by atoms with Gasteiger partial charge in [-0.15, -0.1) is 18.0 Å². The molecule has 0 aromatic rings. The van der Waals surface area contributed by atoms with Gasteiger partial charge >= 0.3 is 0 Å². The first kappa shape index (κ1) is 10.7. The van der Waals surface area contributed by atoms with E-state index in [-0.39, 0.29) is 18.3 Å². The zero-order chi connectivity index (χ0) is 7.40. The molecule has 0 saturated carbocycles. The van der Waals surface area contributed by atoms with E-state index in [0.717, 1.165) is 19.3 Å². The van der Waals surface area contributed by atoms with E-state index in [0.29, 0.717) is 13.0 Å². The maximum Gasteiger partial charge on any atom is 0.238 e. The molecule has 1 saturated heterocycles. The molecule has 0 spiro atoms. The first-order valence-electron chi connectivity index (χ1n) is 3.54. The molecular formula is C6H13ClN2O2. The van der Waals surface area contributed by atoms with Crippen LogP contribution in [0.3, 0.4) is 0 Å². The summed E-state index contributed by atoms with van der Waals surface area (Å²) in [5, 5.41) is 9.70. The number of halogens is 1. The second kappa shape index (κ2) is 5.35. The van der Waals surface area contributed by atoms with Crippen LogP contribution in [-0.4, -0.2) is 22.7 Å². The van der Waals surface area contributed by atoms with Crippen LogP contribution >= 0.6 is 12.4 Å². The van der Waals surface area contributed by atoms with Gasteiger partial charge in [0, 0.05) is 13.0 Å². The predicted molar refractivity (Wildman–Crippen MR) is 42.4 cm³/mol. The van der Waals surface area contributed by atoms with Gasteiger partial charge in [0.25, 0.3) is 0 Å². The predicted octanol–water partition coefficient (Wildman–Crippen LogP) is 0.705. The molecule has 0 unspecified atom stereocenters. The zero-order valence-corrected chi connectivity index (χ0v) is 7.06. The van der Waals surface area contributed by atoms with Crippen molar-refractivity contribution in [3.63, 3.8) is 0 Å². The maximum absolute atomic E-state index is 10.9. The number of amides is 1. The molecule has 1 fully saturated rings. The van der Waals surface area contributed by atoms with Gasteiger partial charge in [0.2, 0.25) is 5.91 Å². The molecular weight excluding hydrogens is 168 g/mol. The van der Waals surface area contributed by atoms with Gasteiger partial charge in [-0.2, -0.15) is 0 Å². The quantitative estimate of drug-likeness (QED) is 0.585. The van der Waals surface area contributed by atoms with Crippen LogP contribution in [0.2, 0.25) is 0 Å². The first-order chi connectivity index (χ1) is 4.84. The second-order valence-corrected chi connectivity index (χ2v) is 2.46. The number of carbonyl (C=O) groups is 1. The number of nitrogens with one attached hydrogen (secondary N) is 1. The van der Waals surface area contributed by atoms with Gasteiger partial charge in [-0.25, -0.2) is 0 Å². The minimum Gasteiger partial charge on any atom is -0.297 e. The number of hydrazine groups is 1. The molecule has 66 valence electrons. The van der Waals surface area contributed by atoms with Crippen molar-refractivity contribution in [3.05, 3.63) is 0 Å². The molecule has 2 N–H and O–H groups in total. The summed E-state index contributed by atoms with van der Waals surface area (Å²) >= 11 is 0. The van der Waals surface area contributed by atoms with Gasteiger partial charge in [0.05, 0.1) is 0 Å². The third-order valence-electron chi connectivity index (χ3n) is 1.69. The normalized spacial score (nSPS) is 19.0. The highest BCUT2D eigenvalue weighted by molar-refractivity contribution is 5.85. The Morgan fingerprint density at radius 2 is 2.09 bits per heavy atom.